The summed E-state index contributed by atoms with van der Waals surface area (Å²) in [5.41, 5.74) is 1.25. The molecule has 0 aromatic carbocycles. The topological polar surface area (TPSA) is 29.9 Å². The van der Waals surface area contributed by atoms with Gasteiger partial charge in [0, 0.05) is 25.4 Å². The molecule has 14 heavy (non-hydrogen) atoms. The van der Waals surface area contributed by atoms with Crippen LogP contribution in [0.15, 0.2) is 12.4 Å². The van der Waals surface area contributed by atoms with E-state index >= 15 is 0 Å². The third kappa shape index (κ3) is 4.15. The first-order valence-corrected chi connectivity index (χ1v) is 6.29. The zero-order chi connectivity index (χ0) is 10.4. The highest BCUT2D eigenvalue weighted by Crippen LogP contribution is 2.03. The molecule has 4 heteroatoms. The third-order valence-electron chi connectivity index (χ3n) is 2.03. The van der Waals surface area contributed by atoms with Gasteiger partial charge in [-0.25, -0.2) is 0 Å². The van der Waals surface area contributed by atoms with Gasteiger partial charge in [-0.1, -0.05) is 6.92 Å². The largest absolute Gasteiger partial charge is 0.312 e. The Labute approximate surface area is 90.3 Å². The Balaban J connectivity index is 2.15. The molecule has 1 rings (SSSR count). The Kier molecular flexibility index (Phi) is 5.04. The molecule has 0 spiro atoms. The van der Waals surface area contributed by atoms with Gasteiger partial charge in [0.05, 0.1) is 6.20 Å². The lowest BCUT2D eigenvalue weighted by Crippen LogP contribution is -2.21. The Morgan fingerprint density at radius 3 is 3.00 bits per heavy atom. The van der Waals surface area contributed by atoms with Crippen LogP contribution >= 0.6 is 11.8 Å². The fourth-order valence-corrected chi connectivity index (χ4v) is 2.06. The molecule has 0 aliphatic rings. The smallest absolute Gasteiger partial charge is 0.0534 e. The number of aromatic nitrogens is 2. The number of nitrogens with zero attached hydrogens (tertiary/aromatic N) is 2. The molecule has 1 heterocycles. The standard InChI is InChI=1S/C10H19N3S/c1-9(8-14-3)4-11-5-10-6-12-13(2)7-10/h6-7,9,11H,4-5,8H2,1-3H3. The summed E-state index contributed by atoms with van der Waals surface area (Å²) in [6.07, 6.45) is 6.11. The van der Waals surface area contributed by atoms with Crippen LogP contribution in [0.4, 0.5) is 0 Å². The molecule has 1 aromatic rings. The minimum atomic E-state index is 0.738. The van der Waals surface area contributed by atoms with Crippen molar-refractivity contribution in [2.75, 3.05) is 18.6 Å². The molecule has 1 unspecified atom stereocenters. The van der Waals surface area contributed by atoms with Gasteiger partial charge in [0.1, 0.15) is 0 Å². The van der Waals surface area contributed by atoms with Crippen LogP contribution < -0.4 is 5.32 Å². The van der Waals surface area contributed by atoms with Crippen molar-refractivity contribution in [2.45, 2.75) is 13.5 Å². The van der Waals surface area contributed by atoms with E-state index in [1.807, 2.05) is 35.9 Å². The summed E-state index contributed by atoms with van der Waals surface area (Å²) in [6, 6.07) is 0. The minimum absolute atomic E-state index is 0.738. The van der Waals surface area contributed by atoms with Gasteiger partial charge < -0.3 is 5.32 Å². The maximum atomic E-state index is 4.12. The molecule has 0 saturated carbocycles. The van der Waals surface area contributed by atoms with Crippen LogP contribution in [0.5, 0.6) is 0 Å². The SMILES string of the molecule is CSCC(C)CNCc1cnn(C)c1. The second kappa shape index (κ2) is 6.09. The zero-order valence-electron chi connectivity index (χ0n) is 9.16. The van der Waals surface area contributed by atoms with Crippen LogP contribution in [0.25, 0.3) is 0 Å². The lowest BCUT2D eigenvalue weighted by atomic mass is 10.2. The molecule has 0 bridgehead atoms. The Hall–Kier alpha value is -0.480. The summed E-state index contributed by atoms with van der Waals surface area (Å²) in [5.74, 6) is 1.96. The Morgan fingerprint density at radius 2 is 2.43 bits per heavy atom. The average molecular weight is 213 g/mol. The maximum absolute atomic E-state index is 4.12. The van der Waals surface area contributed by atoms with Gasteiger partial charge in [-0.3, -0.25) is 4.68 Å². The fraction of sp³-hybridized carbons (Fsp3) is 0.700. The van der Waals surface area contributed by atoms with E-state index in [2.05, 4.69) is 23.6 Å². The van der Waals surface area contributed by atoms with E-state index in [1.54, 1.807) is 0 Å². The van der Waals surface area contributed by atoms with Crippen molar-refractivity contribution < 1.29 is 0 Å². The number of rotatable bonds is 6. The van der Waals surface area contributed by atoms with Crippen molar-refractivity contribution in [3.63, 3.8) is 0 Å². The monoisotopic (exact) mass is 213 g/mol. The van der Waals surface area contributed by atoms with E-state index in [1.165, 1.54) is 11.3 Å². The molecule has 80 valence electrons. The molecule has 0 amide bonds. The third-order valence-corrected chi connectivity index (χ3v) is 2.93. The predicted molar refractivity (Wildman–Crippen MR) is 62.5 cm³/mol. The molecule has 1 N–H and O–H groups in total. The Morgan fingerprint density at radius 1 is 1.64 bits per heavy atom. The quantitative estimate of drug-likeness (QED) is 0.777. The van der Waals surface area contributed by atoms with E-state index in [0.717, 1.165) is 19.0 Å². The summed E-state index contributed by atoms with van der Waals surface area (Å²) >= 11 is 1.90. The molecule has 1 atom stereocenters. The molecule has 0 aliphatic heterocycles. The second-order valence-electron chi connectivity index (χ2n) is 3.71. The van der Waals surface area contributed by atoms with Gasteiger partial charge in [0.25, 0.3) is 0 Å². The molecule has 0 fully saturated rings. The average Bonchev–Trinajstić information content (AvgIpc) is 2.52. The number of thioether (sulfide) groups is 1. The summed E-state index contributed by atoms with van der Waals surface area (Å²) in [6.45, 7) is 4.27. The first-order valence-electron chi connectivity index (χ1n) is 4.89. The van der Waals surface area contributed by atoms with Gasteiger partial charge in [0.15, 0.2) is 0 Å². The van der Waals surface area contributed by atoms with Crippen molar-refractivity contribution >= 4 is 11.8 Å². The summed E-state index contributed by atoms with van der Waals surface area (Å²) < 4.78 is 1.84. The normalized spacial score (nSPS) is 13.1. The molecule has 0 aliphatic carbocycles. The lowest BCUT2D eigenvalue weighted by Gasteiger charge is -2.09. The van der Waals surface area contributed by atoms with E-state index in [0.29, 0.717) is 0 Å². The van der Waals surface area contributed by atoms with Crippen molar-refractivity contribution in [3.05, 3.63) is 18.0 Å². The molecular formula is C10H19N3S. The lowest BCUT2D eigenvalue weighted by molar-refractivity contribution is 0.559. The molecule has 3 nitrogen and oxygen atoms in total. The van der Waals surface area contributed by atoms with Crippen molar-refractivity contribution in [1.82, 2.24) is 15.1 Å². The van der Waals surface area contributed by atoms with E-state index in [-0.39, 0.29) is 0 Å². The fourth-order valence-electron chi connectivity index (χ4n) is 1.37. The van der Waals surface area contributed by atoms with E-state index < -0.39 is 0 Å². The van der Waals surface area contributed by atoms with Gasteiger partial charge >= 0.3 is 0 Å². The van der Waals surface area contributed by atoms with E-state index in [9.17, 15) is 0 Å². The maximum Gasteiger partial charge on any atom is 0.0534 e. The van der Waals surface area contributed by atoms with Gasteiger partial charge in [-0.15, -0.1) is 0 Å². The zero-order valence-corrected chi connectivity index (χ0v) is 9.97. The number of hydrogen-bond donors (Lipinski definition) is 1. The second-order valence-corrected chi connectivity index (χ2v) is 4.62. The highest BCUT2D eigenvalue weighted by molar-refractivity contribution is 7.98. The highest BCUT2D eigenvalue weighted by atomic mass is 32.2. The molecule has 1 aromatic heterocycles. The number of aryl methyl sites for hydroxylation is 1. The first-order chi connectivity index (χ1) is 6.72. The summed E-state index contributed by atoms with van der Waals surface area (Å²) in [4.78, 5) is 0. The van der Waals surface area contributed by atoms with Crippen LogP contribution in [-0.4, -0.2) is 28.3 Å². The van der Waals surface area contributed by atoms with Gasteiger partial charge in [-0.2, -0.15) is 16.9 Å². The van der Waals surface area contributed by atoms with Crippen molar-refractivity contribution in [3.8, 4) is 0 Å². The van der Waals surface area contributed by atoms with E-state index in [4.69, 9.17) is 0 Å². The van der Waals surface area contributed by atoms with Crippen LogP contribution in [0, 0.1) is 5.92 Å². The summed E-state index contributed by atoms with van der Waals surface area (Å²) in [7, 11) is 1.94. The number of nitrogens with one attached hydrogen (secondary N) is 1. The van der Waals surface area contributed by atoms with Crippen LogP contribution in [-0.2, 0) is 13.6 Å². The minimum Gasteiger partial charge on any atom is -0.312 e. The van der Waals surface area contributed by atoms with Crippen molar-refractivity contribution in [1.29, 1.82) is 0 Å². The van der Waals surface area contributed by atoms with Crippen LogP contribution in [0.1, 0.15) is 12.5 Å². The number of hydrogen-bond acceptors (Lipinski definition) is 3. The van der Waals surface area contributed by atoms with Crippen molar-refractivity contribution in [2.24, 2.45) is 13.0 Å². The molecule has 0 radical (unpaired) electrons. The molecule has 0 saturated heterocycles. The van der Waals surface area contributed by atoms with Crippen LogP contribution in [0.2, 0.25) is 0 Å². The predicted octanol–water partition coefficient (Wildman–Crippen LogP) is 1.51. The van der Waals surface area contributed by atoms with Gasteiger partial charge in [-0.05, 0) is 24.5 Å². The van der Waals surface area contributed by atoms with Crippen LogP contribution in [0.3, 0.4) is 0 Å². The summed E-state index contributed by atoms with van der Waals surface area (Å²) in [5, 5.41) is 7.56. The first kappa shape index (κ1) is 11.6. The highest BCUT2D eigenvalue weighted by Gasteiger charge is 2.00. The van der Waals surface area contributed by atoms with Gasteiger partial charge in [0.2, 0.25) is 0 Å². The Bertz CT molecular complexity index is 260. The molecular weight excluding hydrogens is 194 g/mol.